The van der Waals surface area contributed by atoms with E-state index < -0.39 is 0 Å². The molecule has 1 aliphatic heterocycles. The molecule has 0 aliphatic carbocycles. The lowest BCUT2D eigenvalue weighted by molar-refractivity contribution is -0.131. The van der Waals surface area contributed by atoms with E-state index in [1.165, 1.54) is 6.92 Å². The SMILES string of the molecule is CC(=O)Oc1ccccc1CC1c2ccccc2Oc2ccccc21. The van der Waals surface area contributed by atoms with Crippen LogP contribution in [0.3, 0.4) is 0 Å². The van der Waals surface area contributed by atoms with E-state index in [4.69, 9.17) is 9.47 Å². The van der Waals surface area contributed by atoms with Crippen LogP contribution in [0.5, 0.6) is 17.2 Å². The quantitative estimate of drug-likeness (QED) is 0.495. The summed E-state index contributed by atoms with van der Waals surface area (Å²) in [7, 11) is 0. The molecule has 0 unspecified atom stereocenters. The zero-order chi connectivity index (χ0) is 17.2. The normalized spacial score (nSPS) is 12.7. The van der Waals surface area contributed by atoms with Crippen molar-refractivity contribution in [3.63, 3.8) is 0 Å². The van der Waals surface area contributed by atoms with E-state index in [1.807, 2.05) is 60.7 Å². The van der Waals surface area contributed by atoms with E-state index in [2.05, 4.69) is 12.1 Å². The van der Waals surface area contributed by atoms with Crippen molar-refractivity contribution in [3.05, 3.63) is 89.5 Å². The fourth-order valence-electron chi connectivity index (χ4n) is 3.38. The minimum atomic E-state index is -0.305. The van der Waals surface area contributed by atoms with Crippen molar-refractivity contribution >= 4 is 5.97 Å². The molecule has 0 amide bonds. The van der Waals surface area contributed by atoms with Gasteiger partial charge in [-0.15, -0.1) is 0 Å². The molecule has 0 aromatic heterocycles. The number of para-hydroxylation sites is 3. The van der Waals surface area contributed by atoms with Gasteiger partial charge in [0.15, 0.2) is 0 Å². The highest BCUT2D eigenvalue weighted by atomic mass is 16.5. The number of hydrogen-bond donors (Lipinski definition) is 0. The van der Waals surface area contributed by atoms with Crippen molar-refractivity contribution < 1.29 is 14.3 Å². The van der Waals surface area contributed by atoms with Crippen molar-refractivity contribution in [2.45, 2.75) is 19.3 Å². The Morgan fingerprint density at radius 2 is 1.44 bits per heavy atom. The number of rotatable bonds is 3. The van der Waals surface area contributed by atoms with Gasteiger partial charge < -0.3 is 9.47 Å². The van der Waals surface area contributed by atoms with E-state index in [9.17, 15) is 4.79 Å². The van der Waals surface area contributed by atoms with Gasteiger partial charge in [0.05, 0.1) is 0 Å². The summed E-state index contributed by atoms with van der Waals surface area (Å²) in [4.78, 5) is 11.4. The maximum Gasteiger partial charge on any atom is 0.308 e. The average Bonchev–Trinajstić information content (AvgIpc) is 2.62. The first-order chi connectivity index (χ1) is 12.2. The largest absolute Gasteiger partial charge is 0.457 e. The number of carbonyl (C=O) groups excluding carboxylic acids is 1. The third-order valence-electron chi connectivity index (χ3n) is 4.46. The number of benzene rings is 3. The highest BCUT2D eigenvalue weighted by Gasteiger charge is 2.27. The molecule has 1 heterocycles. The molecule has 1 aliphatic rings. The molecule has 0 N–H and O–H groups in total. The van der Waals surface area contributed by atoms with Crippen LogP contribution in [0.15, 0.2) is 72.8 Å². The number of ether oxygens (including phenoxy) is 2. The van der Waals surface area contributed by atoms with Crippen LogP contribution in [0, 0.1) is 0 Å². The Morgan fingerprint density at radius 3 is 2.08 bits per heavy atom. The van der Waals surface area contributed by atoms with E-state index in [0.717, 1.165) is 34.6 Å². The molecule has 0 bridgehead atoms. The van der Waals surface area contributed by atoms with Gasteiger partial charge in [-0.1, -0.05) is 54.6 Å². The zero-order valence-corrected chi connectivity index (χ0v) is 13.9. The molecule has 3 aromatic rings. The smallest absolute Gasteiger partial charge is 0.308 e. The molecule has 0 fully saturated rings. The van der Waals surface area contributed by atoms with Gasteiger partial charge in [-0.3, -0.25) is 4.79 Å². The molecule has 25 heavy (non-hydrogen) atoms. The van der Waals surface area contributed by atoms with Crippen molar-refractivity contribution in [2.24, 2.45) is 0 Å². The first-order valence-electron chi connectivity index (χ1n) is 8.34. The molecular weight excluding hydrogens is 312 g/mol. The monoisotopic (exact) mass is 330 g/mol. The molecule has 0 atom stereocenters. The molecule has 0 radical (unpaired) electrons. The highest BCUT2D eigenvalue weighted by molar-refractivity contribution is 5.70. The van der Waals surface area contributed by atoms with Gasteiger partial charge in [0.2, 0.25) is 0 Å². The molecule has 3 aromatic carbocycles. The molecule has 3 heteroatoms. The van der Waals surface area contributed by atoms with Crippen molar-refractivity contribution in [1.29, 1.82) is 0 Å². The summed E-state index contributed by atoms with van der Waals surface area (Å²) in [5.74, 6) is 2.24. The minimum Gasteiger partial charge on any atom is -0.457 e. The lowest BCUT2D eigenvalue weighted by Gasteiger charge is -2.28. The summed E-state index contributed by atoms with van der Waals surface area (Å²) < 4.78 is 11.4. The molecular formula is C22H18O3. The van der Waals surface area contributed by atoms with Gasteiger partial charge in [0.25, 0.3) is 0 Å². The first-order valence-corrected chi connectivity index (χ1v) is 8.34. The van der Waals surface area contributed by atoms with Gasteiger partial charge in [-0.05, 0) is 30.2 Å². The van der Waals surface area contributed by atoms with Crippen molar-refractivity contribution in [3.8, 4) is 17.2 Å². The third-order valence-corrected chi connectivity index (χ3v) is 4.46. The molecule has 4 rings (SSSR count). The van der Waals surface area contributed by atoms with E-state index in [-0.39, 0.29) is 11.9 Å². The van der Waals surface area contributed by atoms with Gasteiger partial charge in [-0.2, -0.15) is 0 Å². The Bertz CT molecular complexity index is 884. The zero-order valence-electron chi connectivity index (χ0n) is 13.9. The second kappa shape index (κ2) is 6.44. The maximum atomic E-state index is 11.4. The molecule has 3 nitrogen and oxygen atoms in total. The predicted molar refractivity (Wildman–Crippen MR) is 96.3 cm³/mol. The van der Waals surface area contributed by atoms with Crippen molar-refractivity contribution in [1.82, 2.24) is 0 Å². The number of esters is 1. The fraction of sp³-hybridized carbons (Fsp3) is 0.136. The third kappa shape index (κ3) is 3.01. The molecule has 124 valence electrons. The van der Waals surface area contributed by atoms with E-state index in [1.54, 1.807) is 0 Å². The first kappa shape index (κ1) is 15.5. The topological polar surface area (TPSA) is 35.5 Å². The fourth-order valence-corrected chi connectivity index (χ4v) is 3.38. The van der Waals surface area contributed by atoms with Crippen LogP contribution in [-0.2, 0) is 11.2 Å². The van der Waals surface area contributed by atoms with Crippen molar-refractivity contribution in [2.75, 3.05) is 0 Å². The Balaban J connectivity index is 1.78. The summed E-state index contributed by atoms with van der Waals surface area (Å²) in [6.45, 7) is 1.43. The Hall–Kier alpha value is -3.07. The molecule has 0 spiro atoms. The number of carbonyl (C=O) groups is 1. The van der Waals surface area contributed by atoms with Gasteiger partial charge in [0.1, 0.15) is 17.2 Å². The minimum absolute atomic E-state index is 0.151. The highest BCUT2D eigenvalue weighted by Crippen LogP contribution is 2.45. The predicted octanol–water partition coefficient (Wildman–Crippen LogP) is 5.09. The van der Waals surface area contributed by atoms with Crippen LogP contribution < -0.4 is 9.47 Å². The second-order valence-corrected chi connectivity index (χ2v) is 6.14. The Labute approximate surface area is 146 Å². The summed E-state index contributed by atoms with van der Waals surface area (Å²) in [5.41, 5.74) is 3.31. The second-order valence-electron chi connectivity index (χ2n) is 6.14. The Kier molecular flexibility index (Phi) is 3.98. The van der Waals surface area contributed by atoms with Crippen LogP contribution in [0.4, 0.5) is 0 Å². The lowest BCUT2D eigenvalue weighted by atomic mass is 9.83. The lowest BCUT2D eigenvalue weighted by Crippen LogP contribution is -2.13. The Morgan fingerprint density at radius 1 is 0.880 bits per heavy atom. The van der Waals surface area contributed by atoms with E-state index >= 15 is 0 Å². The summed E-state index contributed by atoms with van der Waals surface area (Å²) in [6.07, 6.45) is 0.737. The number of fused-ring (bicyclic) bond motifs is 2. The summed E-state index contributed by atoms with van der Waals surface area (Å²) in [6, 6.07) is 23.9. The number of hydrogen-bond acceptors (Lipinski definition) is 3. The van der Waals surface area contributed by atoms with Gasteiger partial charge in [0, 0.05) is 24.0 Å². The molecule has 0 saturated carbocycles. The van der Waals surface area contributed by atoms with E-state index in [0.29, 0.717) is 5.75 Å². The van der Waals surface area contributed by atoms with Crippen LogP contribution in [0.1, 0.15) is 29.5 Å². The maximum absolute atomic E-state index is 11.4. The summed E-state index contributed by atoms with van der Waals surface area (Å²) in [5, 5.41) is 0. The summed E-state index contributed by atoms with van der Waals surface area (Å²) >= 11 is 0. The standard InChI is InChI=1S/C22H18O3/c1-15(23)24-20-11-5-2-8-16(20)14-19-17-9-3-6-12-21(17)25-22-13-7-4-10-18(19)22/h2-13,19H,14H2,1H3. The van der Waals surface area contributed by atoms with Crippen LogP contribution in [0.25, 0.3) is 0 Å². The van der Waals surface area contributed by atoms with Gasteiger partial charge in [-0.25, -0.2) is 0 Å². The van der Waals surface area contributed by atoms with Crippen LogP contribution in [-0.4, -0.2) is 5.97 Å². The average molecular weight is 330 g/mol. The van der Waals surface area contributed by atoms with Crippen LogP contribution in [0.2, 0.25) is 0 Å². The van der Waals surface area contributed by atoms with Gasteiger partial charge >= 0.3 is 5.97 Å². The van der Waals surface area contributed by atoms with Crippen LogP contribution >= 0.6 is 0 Å². The molecule has 0 saturated heterocycles.